The molecule has 1 aliphatic carbocycles. The van der Waals surface area contributed by atoms with E-state index in [2.05, 4.69) is 27.9 Å². The quantitative estimate of drug-likeness (QED) is 0.467. The Kier molecular flexibility index (Phi) is 6.78. The first kappa shape index (κ1) is 22.3. The Morgan fingerprint density at radius 3 is 2.62 bits per heavy atom. The van der Waals surface area contributed by atoms with Gasteiger partial charge in [-0.25, -0.2) is 4.79 Å². The third kappa shape index (κ3) is 4.64. The fourth-order valence-electron chi connectivity index (χ4n) is 4.29. The average Bonchev–Trinajstić information content (AvgIpc) is 3.27. The molecule has 1 saturated carbocycles. The minimum Gasteiger partial charge on any atom is -0.322 e. The molecule has 2 N–H and O–H groups in total. The highest BCUT2D eigenvalue weighted by Gasteiger charge is 2.52. The van der Waals surface area contributed by atoms with E-state index < -0.39 is 17.5 Å². The average molecular weight is 457 g/mol. The van der Waals surface area contributed by atoms with E-state index in [9.17, 15) is 14.4 Å². The lowest BCUT2D eigenvalue weighted by molar-refractivity contribution is -0.139. The standard InChI is InChI=1S/C22H28N6O3S/c1-2-13-27-17(14-16-9-5-3-6-10-16)24-25-21(27)32-15-18(29)26-28-19(30)22(23-20(28)31)11-7-4-8-12-22/h3,5-6,9-10H,2,4,7-8,11-15H2,1H3,(H,23,31)(H,26,29). The fourth-order valence-corrected chi connectivity index (χ4v) is 5.06. The Morgan fingerprint density at radius 2 is 1.91 bits per heavy atom. The van der Waals surface area contributed by atoms with Gasteiger partial charge in [0, 0.05) is 13.0 Å². The van der Waals surface area contributed by atoms with E-state index in [1.165, 1.54) is 11.8 Å². The Balaban J connectivity index is 1.37. The maximum Gasteiger partial charge on any atom is 0.344 e. The van der Waals surface area contributed by atoms with E-state index >= 15 is 0 Å². The van der Waals surface area contributed by atoms with Crippen LogP contribution < -0.4 is 10.7 Å². The number of urea groups is 1. The van der Waals surface area contributed by atoms with Gasteiger partial charge in [-0.2, -0.15) is 5.01 Å². The first-order chi connectivity index (χ1) is 15.5. The van der Waals surface area contributed by atoms with Gasteiger partial charge < -0.3 is 9.88 Å². The number of hydrazine groups is 1. The van der Waals surface area contributed by atoms with Gasteiger partial charge in [-0.15, -0.1) is 10.2 Å². The number of nitrogens with zero attached hydrogens (tertiary/aromatic N) is 4. The predicted molar refractivity (Wildman–Crippen MR) is 120 cm³/mol. The van der Waals surface area contributed by atoms with E-state index in [0.717, 1.165) is 48.6 Å². The number of benzene rings is 1. The summed E-state index contributed by atoms with van der Waals surface area (Å²) in [6.07, 6.45) is 5.63. The zero-order valence-electron chi connectivity index (χ0n) is 18.2. The first-order valence-corrected chi connectivity index (χ1v) is 12.1. The van der Waals surface area contributed by atoms with Crippen molar-refractivity contribution in [2.45, 2.75) is 69.1 Å². The Morgan fingerprint density at radius 1 is 1.16 bits per heavy atom. The molecule has 32 heavy (non-hydrogen) atoms. The van der Waals surface area contributed by atoms with Gasteiger partial charge in [-0.05, 0) is 24.8 Å². The molecule has 1 aromatic heterocycles. The smallest absolute Gasteiger partial charge is 0.322 e. The molecule has 1 spiro atoms. The van der Waals surface area contributed by atoms with Gasteiger partial charge in [0.2, 0.25) is 5.91 Å². The minimum atomic E-state index is -0.858. The Labute approximate surface area is 191 Å². The van der Waals surface area contributed by atoms with Crippen LogP contribution in [-0.2, 0) is 22.6 Å². The Bertz CT molecular complexity index is 987. The summed E-state index contributed by atoms with van der Waals surface area (Å²) >= 11 is 1.25. The summed E-state index contributed by atoms with van der Waals surface area (Å²) in [7, 11) is 0. The summed E-state index contributed by atoms with van der Waals surface area (Å²) in [6.45, 7) is 2.82. The number of hydrogen-bond acceptors (Lipinski definition) is 6. The largest absolute Gasteiger partial charge is 0.344 e. The van der Waals surface area contributed by atoms with Crippen molar-refractivity contribution in [2.75, 3.05) is 5.75 Å². The predicted octanol–water partition coefficient (Wildman–Crippen LogP) is 2.66. The van der Waals surface area contributed by atoms with Crippen molar-refractivity contribution in [1.29, 1.82) is 0 Å². The van der Waals surface area contributed by atoms with Crippen LogP contribution in [0.4, 0.5) is 4.79 Å². The number of aromatic nitrogens is 3. The number of nitrogens with one attached hydrogen (secondary N) is 2. The van der Waals surface area contributed by atoms with E-state index in [1.54, 1.807) is 0 Å². The van der Waals surface area contributed by atoms with Gasteiger partial charge in [0.25, 0.3) is 5.91 Å². The molecule has 2 fully saturated rings. The van der Waals surface area contributed by atoms with Crippen LogP contribution in [0.1, 0.15) is 56.8 Å². The molecule has 9 nitrogen and oxygen atoms in total. The summed E-state index contributed by atoms with van der Waals surface area (Å²) < 4.78 is 2.02. The van der Waals surface area contributed by atoms with Crippen molar-refractivity contribution in [3.05, 3.63) is 41.7 Å². The van der Waals surface area contributed by atoms with Crippen LogP contribution in [0.15, 0.2) is 35.5 Å². The monoisotopic (exact) mass is 456 g/mol. The molecule has 2 heterocycles. The first-order valence-electron chi connectivity index (χ1n) is 11.1. The Hall–Kier alpha value is -2.88. The van der Waals surface area contributed by atoms with Crippen molar-refractivity contribution in [2.24, 2.45) is 0 Å². The zero-order chi connectivity index (χ0) is 22.6. The number of hydrogen-bond donors (Lipinski definition) is 2. The van der Waals surface area contributed by atoms with Gasteiger partial charge >= 0.3 is 6.03 Å². The van der Waals surface area contributed by atoms with Crippen LogP contribution in [0, 0.1) is 0 Å². The molecule has 0 bridgehead atoms. The number of rotatable bonds is 8. The molecule has 10 heteroatoms. The van der Waals surface area contributed by atoms with Crippen molar-refractivity contribution in [3.63, 3.8) is 0 Å². The van der Waals surface area contributed by atoms with E-state index in [1.807, 2.05) is 34.9 Å². The zero-order valence-corrected chi connectivity index (χ0v) is 19.0. The number of thioether (sulfide) groups is 1. The summed E-state index contributed by atoms with van der Waals surface area (Å²) in [6, 6.07) is 9.48. The molecule has 4 rings (SSSR count). The summed E-state index contributed by atoms with van der Waals surface area (Å²) in [5, 5.41) is 12.9. The van der Waals surface area contributed by atoms with Gasteiger partial charge in [0.1, 0.15) is 11.4 Å². The van der Waals surface area contributed by atoms with Crippen molar-refractivity contribution >= 4 is 29.6 Å². The maximum atomic E-state index is 12.8. The molecule has 1 saturated heterocycles. The van der Waals surface area contributed by atoms with Crippen LogP contribution in [0.5, 0.6) is 0 Å². The number of amides is 4. The molecular formula is C22H28N6O3S. The molecule has 0 radical (unpaired) electrons. The minimum absolute atomic E-state index is 0.0250. The van der Waals surface area contributed by atoms with Crippen LogP contribution in [0.3, 0.4) is 0 Å². The molecule has 2 aliphatic rings. The van der Waals surface area contributed by atoms with Crippen molar-refractivity contribution in [3.8, 4) is 0 Å². The molecule has 4 amide bonds. The van der Waals surface area contributed by atoms with E-state index in [-0.39, 0.29) is 11.7 Å². The molecule has 1 aliphatic heterocycles. The van der Waals surface area contributed by atoms with Crippen LogP contribution in [0.25, 0.3) is 0 Å². The summed E-state index contributed by atoms with van der Waals surface area (Å²) in [5.41, 5.74) is 2.76. The third-order valence-corrected chi connectivity index (χ3v) is 6.85. The molecular weight excluding hydrogens is 428 g/mol. The molecule has 0 unspecified atom stereocenters. The highest BCUT2D eigenvalue weighted by molar-refractivity contribution is 7.99. The second-order valence-electron chi connectivity index (χ2n) is 8.25. The number of carbonyl (C=O) groups excluding carboxylic acids is 3. The van der Waals surface area contributed by atoms with Gasteiger partial charge in [0.15, 0.2) is 5.16 Å². The van der Waals surface area contributed by atoms with E-state index in [0.29, 0.717) is 24.4 Å². The lowest BCUT2D eigenvalue weighted by Crippen LogP contribution is -2.51. The summed E-state index contributed by atoms with van der Waals surface area (Å²) in [4.78, 5) is 37.7. The van der Waals surface area contributed by atoms with Crippen LogP contribution in [-0.4, -0.2) is 48.9 Å². The van der Waals surface area contributed by atoms with Gasteiger partial charge in [0.05, 0.1) is 5.75 Å². The topological polar surface area (TPSA) is 109 Å². The maximum absolute atomic E-state index is 12.8. The summed E-state index contributed by atoms with van der Waals surface area (Å²) in [5.74, 6) is 0.0770. The van der Waals surface area contributed by atoms with Crippen LogP contribution in [0.2, 0.25) is 0 Å². The number of carbonyl (C=O) groups is 3. The molecule has 1 aromatic carbocycles. The van der Waals surface area contributed by atoms with Crippen molar-refractivity contribution in [1.82, 2.24) is 30.5 Å². The number of imide groups is 1. The molecule has 0 atom stereocenters. The second-order valence-corrected chi connectivity index (χ2v) is 9.19. The fraction of sp³-hybridized carbons (Fsp3) is 0.500. The highest BCUT2D eigenvalue weighted by Crippen LogP contribution is 2.33. The van der Waals surface area contributed by atoms with Gasteiger partial charge in [-0.3, -0.25) is 15.0 Å². The SMILES string of the molecule is CCCn1c(Cc2ccccc2)nnc1SCC(=O)NN1C(=O)NC2(CCCCC2)C1=O. The van der Waals surface area contributed by atoms with Gasteiger partial charge in [-0.1, -0.05) is 68.3 Å². The second kappa shape index (κ2) is 9.72. The molecule has 2 aromatic rings. The van der Waals surface area contributed by atoms with E-state index in [4.69, 9.17) is 0 Å². The lowest BCUT2D eigenvalue weighted by atomic mass is 9.82. The van der Waals surface area contributed by atoms with Crippen LogP contribution >= 0.6 is 11.8 Å². The van der Waals surface area contributed by atoms with Crippen molar-refractivity contribution < 1.29 is 14.4 Å². The normalized spacial score (nSPS) is 17.6. The lowest BCUT2D eigenvalue weighted by Gasteiger charge is -2.30. The third-order valence-electron chi connectivity index (χ3n) is 5.88. The molecule has 170 valence electrons. The highest BCUT2D eigenvalue weighted by atomic mass is 32.2.